The van der Waals surface area contributed by atoms with Gasteiger partial charge in [0.1, 0.15) is 18.3 Å². The Bertz CT molecular complexity index is 618. The van der Waals surface area contributed by atoms with Crippen molar-refractivity contribution in [2.45, 2.75) is 47.0 Å². The molecule has 0 atom stereocenters. The zero-order chi connectivity index (χ0) is 14.8. The SMILES string of the molecule is CCOCc1nnc(N2CCn3nc(C)nc3C2)n1CC. The second-order valence-electron chi connectivity index (χ2n) is 5.02. The van der Waals surface area contributed by atoms with Crippen LogP contribution in [0.2, 0.25) is 0 Å². The quantitative estimate of drug-likeness (QED) is 0.809. The highest BCUT2D eigenvalue weighted by Crippen LogP contribution is 2.19. The minimum absolute atomic E-state index is 0.500. The summed E-state index contributed by atoms with van der Waals surface area (Å²) in [6, 6.07) is 0. The van der Waals surface area contributed by atoms with E-state index in [1.807, 2.05) is 18.5 Å². The van der Waals surface area contributed by atoms with E-state index < -0.39 is 0 Å². The fourth-order valence-electron chi connectivity index (χ4n) is 2.62. The summed E-state index contributed by atoms with van der Waals surface area (Å²) < 4.78 is 9.53. The normalized spacial score (nSPS) is 14.5. The molecule has 3 rings (SSSR count). The lowest BCUT2D eigenvalue weighted by Gasteiger charge is -2.27. The molecule has 0 saturated carbocycles. The highest BCUT2D eigenvalue weighted by molar-refractivity contribution is 5.32. The first kappa shape index (κ1) is 14.0. The van der Waals surface area contributed by atoms with Crippen molar-refractivity contribution in [2.75, 3.05) is 18.1 Å². The van der Waals surface area contributed by atoms with E-state index in [-0.39, 0.29) is 0 Å². The molecule has 0 N–H and O–H groups in total. The Hall–Kier alpha value is -1.96. The van der Waals surface area contributed by atoms with Crippen LogP contribution in [0.15, 0.2) is 0 Å². The van der Waals surface area contributed by atoms with Crippen molar-refractivity contribution in [3.05, 3.63) is 17.5 Å². The zero-order valence-electron chi connectivity index (χ0n) is 12.8. The van der Waals surface area contributed by atoms with Crippen LogP contribution < -0.4 is 4.90 Å². The molecular weight excluding hydrogens is 270 g/mol. The molecule has 0 saturated heterocycles. The molecule has 0 unspecified atom stereocenters. The van der Waals surface area contributed by atoms with Gasteiger partial charge in [-0.2, -0.15) is 5.10 Å². The average molecular weight is 291 g/mol. The molecule has 0 aliphatic carbocycles. The summed E-state index contributed by atoms with van der Waals surface area (Å²) in [4.78, 5) is 6.67. The van der Waals surface area contributed by atoms with E-state index in [4.69, 9.17) is 4.74 Å². The van der Waals surface area contributed by atoms with Crippen LogP contribution in [0.25, 0.3) is 0 Å². The van der Waals surface area contributed by atoms with Gasteiger partial charge in [0, 0.05) is 19.7 Å². The van der Waals surface area contributed by atoms with Crippen LogP contribution in [0.5, 0.6) is 0 Å². The Morgan fingerprint density at radius 2 is 2.05 bits per heavy atom. The molecule has 114 valence electrons. The molecule has 0 spiro atoms. The maximum Gasteiger partial charge on any atom is 0.227 e. The summed E-state index contributed by atoms with van der Waals surface area (Å²) in [5, 5.41) is 13.0. The monoisotopic (exact) mass is 291 g/mol. The highest BCUT2D eigenvalue weighted by Gasteiger charge is 2.24. The summed E-state index contributed by atoms with van der Waals surface area (Å²) in [6.07, 6.45) is 0. The number of anilines is 1. The summed E-state index contributed by atoms with van der Waals surface area (Å²) in [5.74, 6) is 3.56. The van der Waals surface area contributed by atoms with Crippen LogP contribution in [-0.4, -0.2) is 42.7 Å². The van der Waals surface area contributed by atoms with Crippen molar-refractivity contribution in [3.8, 4) is 0 Å². The molecule has 8 nitrogen and oxygen atoms in total. The largest absolute Gasteiger partial charge is 0.374 e. The molecule has 21 heavy (non-hydrogen) atoms. The third-order valence-corrected chi connectivity index (χ3v) is 3.61. The van der Waals surface area contributed by atoms with Crippen molar-refractivity contribution < 1.29 is 4.74 Å². The molecule has 1 aliphatic rings. The predicted octanol–water partition coefficient (Wildman–Crippen LogP) is 0.755. The van der Waals surface area contributed by atoms with Gasteiger partial charge in [-0.1, -0.05) is 0 Å². The Kier molecular flexibility index (Phi) is 3.87. The number of nitrogens with zero attached hydrogens (tertiary/aromatic N) is 7. The van der Waals surface area contributed by atoms with E-state index in [0.717, 1.165) is 43.1 Å². The van der Waals surface area contributed by atoms with Gasteiger partial charge < -0.3 is 9.64 Å². The Morgan fingerprint density at radius 3 is 2.81 bits per heavy atom. The van der Waals surface area contributed by atoms with Crippen LogP contribution in [-0.2, 0) is 31.0 Å². The van der Waals surface area contributed by atoms with Gasteiger partial charge in [-0.3, -0.25) is 4.57 Å². The van der Waals surface area contributed by atoms with E-state index in [2.05, 4.69) is 36.7 Å². The molecule has 0 fully saturated rings. The Morgan fingerprint density at radius 1 is 1.19 bits per heavy atom. The van der Waals surface area contributed by atoms with Gasteiger partial charge in [-0.25, -0.2) is 9.67 Å². The van der Waals surface area contributed by atoms with E-state index in [1.165, 1.54) is 0 Å². The average Bonchev–Trinajstić information content (AvgIpc) is 3.05. The summed E-state index contributed by atoms with van der Waals surface area (Å²) >= 11 is 0. The lowest BCUT2D eigenvalue weighted by Crippen LogP contribution is -2.36. The molecule has 1 aliphatic heterocycles. The van der Waals surface area contributed by atoms with Crippen molar-refractivity contribution in [2.24, 2.45) is 0 Å². The lowest BCUT2D eigenvalue weighted by molar-refractivity contribution is 0.125. The maximum absolute atomic E-state index is 5.45. The van der Waals surface area contributed by atoms with Crippen molar-refractivity contribution in [3.63, 3.8) is 0 Å². The second kappa shape index (κ2) is 5.80. The molecule has 3 heterocycles. The van der Waals surface area contributed by atoms with E-state index in [0.29, 0.717) is 19.8 Å². The minimum Gasteiger partial charge on any atom is -0.374 e. The summed E-state index contributed by atoms with van der Waals surface area (Å²) in [7, 11) is 0. The first-order chi connectivity index (χ1) is 10.2. The second-order valence-corrected chi connectivity index (χ2v) is 5.02. The number of ether oxygens (including phenoxy) is 1. The molecule has 0 aromatic carbocycles. The van der Waals surface area contributed by atoms with Crippen LogP contribution in [0.4, 0.5) is 5.95 Å². The first-order valence-electron chi connectivity index (χ1n) is 7.38. The van der Waals surface area contributed by atoms with Crippen molar-refractivity contribution in [1.29, 1.82) is 0 Å². The summed E-state index contributed by atoms with van der Waals surface area (Å²) in [5.41, 5.74) is 0. The molecular formula is C13H21N7O. The van der Waals surface area contributed by atoms with Crippen LogP contribution in [0, 0.1) is 6.92 Å². The molecule has 0 amide bonds. The molecule has 0 radical (unpaired) electrons. The molecule has 2 aromatic heterocycles. The maximum atomic E-state index is 5.45. The van der Waals surface area contributed by atoms with Gasteiger partial charge in [-0.15, -0.1) is 10.2 Å². The van der Waals surface area contributed by atoms with Gasteiger partial charge in [-0.05, 0) is 20.8 Å². The first-order valence-corrected chi connectivity index (χ1v) is 7.38. The van der Waals surface area contributed by atoms with Crippen molar-refractivity contribution >= 4 is 5.95 Å². The number of aromatic nitrogens is 6. The standard InChI is InChI=1S/C13H21N7O/c1-4-19-12(9-21-5-2)15-16-13(19)18-6-7-20-11(8-18)14-10(3)17-20/h4-9H2,1-3H3. The number of hydrogen-bond donors (Lipinski definition) is 0. The smallest absolute Gasteiger partial charge is 0.227 e. The number of rotatable bonds is 5. The Balaban J connectivity index is 1.83. The fraction of sp³-hybridized carbons (Fsp3) is 0.692. The molecule has 8 heteroatoms. The van der Waals surface area contributed by atoms with Gasteiger partial charge in [0.25, 0.3) is 0 Å². The van der Waals surface area contributed by atoms with E-state index in [1.54, 1.807) is 0 Å². The number of hydrogen-bond acceptors (Lipinski definition) is 6. The third-order valence-electron chi connectivity index (χ3n) is 3.61. The minimum atomic E-state index is 0.500. The topological polar surface area (TPSA) is 73.9 Å². The molecule has 0 bridgehead atoms. The van der Waals surface area contributed by atoms with Gasteiger partial charge in [0.05, 0.1) is 13.1 Å². The van der Waals surface area contributed by atoms with Gasteiger partial charge in [0.2, 0.25) is 5.95 Å². The van der Waals surface area contributed by atoms with Crippen LogP contribution in [0.3, 0.4) is 0 Å². The fourth-order valence-corrected chi connectivity index (χ4v) is 2.62. The molecule has 2 aromatic rings. The van der Waals surface area contributed by atoms with E-state index in [9.17, 15) is 0 Å². The van der Waals surface area contributed by atoms with Gasteiger partial charge >= 0.3 is 0 Å². The van der Waals surface area contributed by atoms with Crippen LogP contribution in [0.1, 0.15) is 31.3 Å². The summed E-state index contributed by atoms with van der Waals surface area (Å²) in [6.45, 7) is 10.4. The Labute approximate surface area is 123 Å². The number of aryl methyl sites for hydroxylation is 1. The van der Waals surface area contributed by atoms with Crippen molar-refractivity contribution in [1.82, 2.24) is 29.5 Å². The lowest BCUT2D eigenvalue weighted by atomic mass is 10.4. The van der Waals surface area contributed by atoms with E-state index >= 15 is 0 Å². The van der Waals surface area contributed by atoms with Gasteiger partial charge in [0.15, 0.2) is 5.82 Å². The number of fused-ring (bicyclic) bond motifs is 1. The zero-order valence-corrected chi connectivity index (χ0v) is 12.8. The third kappa shape index (κ3) is 2.63. The predicted molar refractivity (Wildman–Crippen MR) is 76.8 cm³/mol. The highest BCUT2D eigenvalue weighted by atomic mass is 16.5. The van der Waals surface area contributed by atoms with Crippen LogP contribution >= 0.6 is 0 Å².